The van der Waals surface area contributed by atoms with Crippen molar-refractivity contribution in [2.75, 3.05) is 6.66 Å². The molecule has 0 aliphatic rings. The van der Waals surface area contributed by atoms with E-state index in [1.165, 1.54) is 18.3 Å². The van der Waals surface area contributed by atoms with Crippen LogP contribution in [0, 0.1) is 0 Å². The van der Waals surface area contributed by atoms with E-state index in [0.29, 0.717) is 0 Å². The zero-order valence-electron chi connectivity index (χ0n) is 9.59. The molecule has 0 rings (SSSR count). The zero-order valence-corrected chi connectivity index (χ0v) is 10.5. The number of amides is 1. The summed E-state index contributed by atoms with van der Waals surface area (Å²) in [6.07, 6.45) is 3.81. The van der Waals surface area contributed by atoms with Crippen LogP contribution in [-0.2, 0) is 4.79 Å². The fourth-order valence-electron chi connectivity index (χ4n) is 1.73. The van der Waals surface area contributed by atoms with Crippen molar-refractivity contribution >= 4 is 14.3 Å². The van der Waals surface area contributed by atoms with Crippen molar-refractivity contribution in [3.05, 3.63) is 0 Å². The molecule has 0 aromatic rings. The Morgan fingerprint density at radius 2 is 1.79 bits per heavy atom. The van der Waals surface area contributed by atoms with Gasteiger partial charge in [0.05, 0.1) is 0 Å². The average Bonchev–Trinajstić information content (AvgIpc) is 2.03. The molecule has 0 aromatic carbocycles. The molecule has 1 atom stereocenters. The van der Waals surface area contributed by atoms with Gasteiger partial charge in [0.1, 0.15) is 0 Å². The Balaban J connectivity index is 4.46. The van der Waals surface area contributed by atoms with Crippen LogP contribution in [0.2, 0.25) is 0 Å². The first kappa shape index (κ1) is 13.8. The van der Waals surface area contributed by atoms with Gasteiger partial charge in [-0.1, -0.05) is 26.7 Å². The fraction of sp³-hybridized carbons (Fsp3) is 0.900. The largest absolute Gasteiger partial charge is 0.292 e. The van der Waals surface area contributed by atoms with Gasteiger partial charge in [-0.05, 0) is 12.8 Å². The highest BCUT2D eigenvalue weighted by Crippen LogP contribution is 2.41. The highest BCUT2D eigenvalue weighted by Gasteiger charge is 2.24. The van der Waals surface area contributed by atoms with E-state index < -0.39 is 8.38 Å². The minimum absolute atomic E-state index is 0.101. The van der Waals surface area contributed by atoms with Gasteiger partial charge in [0.2, 0.25) is 5.91 Å². The highest BCUT2D eigenvalue weighted by molar-refractivity contribution is 7.49. The van der Waals surface area contributed by atoms with Gasteiger partial charge in [-0.15, -0.1) is 0 Å². The minimum atomic E-state index is -1.78. The third-order valence-corrected chi connectivity index (χ3v) is 3.41. The summed E-state index contributed by atoms with van der Waals surface area (Å²) >= 11 is 0. The van der Waals surface area contributed by atoms with Crippen LogP contribution in [0.5, 0.6) is 0 Å². The van der Waals surface area contributed by atoms with Crippen LogP contribution in [0.4, 0.5) is 4.20 Å². The molecule has 14 heavy (non-hydrogen) atoms. The summed E-state index contributed by atoms with van der Waals surface area (Å²) < 4.78 is 14.7. The van der Waals surface area contributed by atoms with Crippen LogP contribution >= 0.6 is 8.38 Å². The quantitative estimate of drug-likeness (QED) is 0.626. The number of halogens is 1. The maximum absolute atomic E-state index is 13.3. The van der Waals surface area contributed by atoms with Gasteiger partial charge in [0.25, 0.3) is 0 Å². The molecule has 0 spiro atoms. The van der Waals surface area contributed by atoms with Crippen molar-refractivity contribution in [1.29, 1.82) is 0 Å². The Hall–Kier alpha value is -0.170. The molecule has 0 fully saturated rings. The molecule has 84 valence electrons. The first-order valence-electron chi connectivity index (χ1n) is 5.23. The number of rotatable bonds is 6. The molecule has 0 saturated carbocycles. The number of nitrogens with zero attached hydrogens (tertiary/aromatic N) is 1. The molecule has 4 heteroatoms. The third kappa shape index (κ3) is 4.36. The molecular weight excluding hydrogens is 200 g/mol. The monoisotopic (exact) mass is 221 g/mol. The van der Waals surface area contributed by atoms with Gasteiger partial charge < -0.3 is 0 Å². The summed E-state index contributed by atoms with van der Waals surface area (Å²) in [5.41, 5.74) is 0. The van der Waals surface area contributed by atoms with Crippen molar-refractivity contribution in [2.24, 2.45) is 0 Å². The van der Waals surface area contributed by atoms with Gasteiger partial charge in [0, 0.05) is 19.6 Å². The van der Waals surface area contributed by atoms with Crippen LogP contribution < -0.4 is 0 Å². The van der Waals surface area contributed by atoms with Crippen molar-refractivity contribution in [2.45, 2.75) is 52.5 Å². The van der Waals surface area contributed by atoms with Crippen molar-refractivity contribution in [3.8, 4) is 0 Å². The van der Waals surface area contributed by atoms with E-state index in [9.17, 15) is 8.99 Å². The second-order valence-electron chi connectivity index (χ2n) is 3.54. The van der Waals surface area contributed by atoms with Crippen LogP contribution in [0.15, 0.2) is 0 Å². The first-order valence-corrected chi connectivity index (χ1v) is 6.87. The number of hydrogen-bond acceptors (Lipinski definition) is 1. The molecule has 0 bridgehead atoms. The summed E-state index contributed by atoms with van der Waals surface area (Å²) in [4.78, 5) is 11.3. The van der Waals surface area contributed by atoms with E-state index in [2.05, 4.69) is 13.8 Å². The summed E-state index contributed by atoms with van der Waals surface area (Å²) in [6, 6.07) is 0.101. The van der Waals surface area contributed by atoms with Gasteiger partial charge in [-0.2, -0.15) is 0 Å². The SMILES string of the molecule is CCCC(CCC)N(C(C)=O)P(C)F. The zero-order chi connectivity index (χ0) is 11.1. The molecule has 0 aliphatic heterocycles. The van der Waals surface area contributed by atoms with E-state index in [1.807, 2.05) is 0 Å². The average molecular weight is 221 g/mol. The summed E-state index contributed by atoms with van der Waals surface area (Å²) in [5.74, 6) is -0.131. The van der Waals surface area contributed by atoms with Crippen LogP contribution in [0.25, 0.3) is 0 Å². The van der Waals surface area contributed by atoms with E-state index in [0.717, 1.165) is 25.7 Å². The van der Waals surface area contributed by atoms with E-state index in [4.69, 9.17) is 0 Å². The lowest BCUT2D eigenvalue weighted by Crippen LogP contribution is -2.33. The number of hydrogen-bond donors (Lipinski definition) is 0. The second-order valence-corrected chi connectivity index (χ2v) is 4.86. The molecule has 0 heterocycles. The van der Waals surface area contributed by atoms with E-state index >= 15 is 0 Å². The van der Waals surface area contributed by atoms with E-state index in [1.54, 1.807) is 0 Å². The minimum Gasteiger partial charge on any atom is -0.292 e. The van der Waals surface area contributed by atoms with Gasteiger partial charge in [-0.25, -0.2) is 4.20 Å². The fourth-order valence-corrected chi connectivity index (χ4v) is 2.80. The Bertz CT molecular complexity index is 170. The first-order chi connectivity index (χ1) is 6.54. The predicted molar refractivity (Wildman–Crippen MR) is 60.1 cm³/mol. The van der Waals surface area contributed by atoms with Crippen molar-refractivity contribution in [3.63, 3.8) is 0 Å². The summed E-state index contributed by atoms with van der Waals surface area (Å²) in [7, 11) is -1.78. The smallest absolute Gasteiger partial charge is 0.224 e. The molecule has 0 aromatic heterocycles. The predicted octanol–water partition coefficient (Wildman–Crippen LogP) is 3.71. The Morgan fingerprint density at radius 3 is 2.00 bits per heavy atom. The summed E-state index contributed by atoms with van der Waals surface area (Å²) in [5, 5.41) is 0. The molecule has 0 saturated heterocycles. The molecule has 0 N–H and O–H groups in total. The molecule has 2 nitrogen and oxygen atoms in total. The Morgan fingerprint density at radius 1 is 1.36 bits per heavy atom. The molecule has 0 aliphatic carbocycles. The van der Waals surface area contributed by atoms with E-state index in [-0.39, 0.29) is 11.9 Å². The number of carbonyl (C=O) groups is 1. The lowest BCUT2D eigenvalue weighted by atomic mass is 10.1. The molecule has 0 radical (unpaired) electrons. The maximum Gasteiger partial charge on any atom is 0.224 e. The molecular formula is C10H21FNOP. The maximum atomic E-state index is 13.3. The third-order valence-electron chi connectivity index (χ3n) is 2.21. The van der Waals surface area contributed by atoms with Crippen LogP contribution in [0.1, 0.15) is 46.5 Å². The lowest BCUT2D eigenvalue weighted by Gasteiger charge is -2.31. The van der Waals surface area contributed by atoms with Gasteiger partial charge in [0.15, 0.2) is 8.38 Å². The number of carbonyl (C=O) groups excluding carboxylic acids is 1. The standard InChI is InChI=1S/C10H21FNOP/c1-5-7-10(8-6-2)12(9(3)13)14(4)11/h10H,5-8H2,1-4H3. The van der Waals surface area contributed by atoms with Gasteiger partial charge in [-0.3, -0.25) is 9.46 Å². The van der Waals surface area contributed by atoms with Crippen LogP contribution in [0.3, 0.4) is 0 Å². The normalized spacial score (nSPS) is 13.0. The van der Waals surface area contributed by atoms with Crippen molar-refractivity contribution in [1.82, 2.24) is 4.67 Å². The van der Waals surface area contributed by atoms with Crippen LogP contribution in [-0.4, -0.2) is 23.3 Å². The molecule has 1 unspecified atom stereocenters. The Labute approximate surface area is 87.8 Å². The van der Waals surface area contributed by atoms with Crippen molar-refractivity contribution < 1.29 is 8.99 Å². The Kier molecular flexibility index (Phi) is 7.08. The van der Waals surface area contributed by atoms with Gasteiger partial charge >= 0.3 is 0 Å². The topological polar surface area (TPSA) is 20.3 Å². The summed E-state index contributed by atoms with van der Waals surface area (Å²) in [6.45, 7) is 7.08. The molecule has 1 amide bonds. The lowest BCUT2D eigenvalue weighted by molar-refractivity contribution is -0.126. The second kappa shape index (κ2) is 7.17. The highest BCUT2D eigenvalue weighted by atomic mass is 31.2.